The number of hydrogen-bond acceptors (Lipinski definition) is 5. The average molecular weight is 455 g/mol. The van der Waals surface area contributed by atoms with Gasteiger partial charge in [-0.15, -0.1) is 0 Å². The third-order valence-corrected chi connectivity index (χ3v) is 5.20. The van der Waals surface area contributed by atoms with Crippen LogP contribution in [0.2, 0.25) is 0 Å². The number of ether oxygens (including phenoxy) is 3. The lowest BCUT2D eigenvalue weighted by molar-refractivity contribution is -0.123. The molecule has 0 spiro atoms. The molecule has 0 aliphatic rings. The van der Waals surface area contributed by atoms with E-state index in [0.29, 0.717) is 23.9 Å². The predicted octanol–water partition coefficient (Wildman–Crippen LogP) is 5.26. The molecule has 0 radical (unpaired) electrons. The van der Waals surface area contributed by atoms with Crippen molar-refractivity contribution in [3.05, 3.63) is 102 Å². The quantitative estimate of drug-likeness (QED) is 0.277. The molecule has 0 atom stereocenters. The van der Waals surface area contributed by atoms with E-state index in [1.807, 2.05) is 73.7 Å². The number of carbonyl (C=O) groups is 1. The van der Waals surface area contributed by atoms with Crippen LogP contribution in [-0.4, -0.2) is 25.8 Å². The summed E-state index contributed by atoms with van der Waals surface area (Å²) in [5, 5.41) is 6.18. The second-order valence-electron chi connectivity index (χ2n) is 7.78. The van der Waals surface area contributed by atoms with Crippen molar-refractivity contribution in [1.82, 2.24) is 5.43 Å². The molecule has 172 valence electrons. The van der Waals surface area contributed by atoms with Gasteiger partial charge in [-0.1, -0.05) is 60.2 Å². The summed E-state index contributed by atoms with van der Waals surface area (Å²) in [6, 6.07) is 27.3. The fraction of sp³-hybridized carbons (Fsp3) is 0.143. The Balaban J connectivity index is 1.29. The van der Waals surface area contributed by atoms with Gasteiger partial charge in [-0.3, -0.25) is 4.79 Å². The highest BCUT2D eigenvalue weighted by molar-refractivity contribution is 5.85. The first-order valence-corrected chi connectivity index (χ1v) is 10.9. The summed E-state index contributed by atoms with van der Waals surface area (Å²) in [4.78, 5) is 12.1. The Hall–Kier alpha value is -4.32. The summed E-state index contributed by atoms with van der Waals surface area (Å²) in [5.41, 5.74) is 5.52. The molecule has 4 aromatic rings. The lowest BCUT2D eigenvalue weighted by Crippen LogP contribution is -2.24. The van der Waals surface area contributed by atoms with Crippen LogP contribution in [0, 0.1) is 6.92 Å². The van der Waals surface area contributed by atoms with Gasteiger partial charge in [0.25, 0.3) is 5.91 Å². The van der Waals surface area contributed by atoms with Crippen LogP contribution < -0.4 is 19.6 Å². The van der Waals surface area contributed by atoms with Gasteiger partial charge in [0.1, 0.15) is 12.4 Å². The highest BCUT2D eigenvalue weighted by atomic mass is 16.5. The first-order valence-electron chi connectivity index (χ1n) is 10.9. The Morgan fingerprint density at radius 2 is 1.68 bits per heavy atom. The molecule has 4 rings (SSSR count). The molecule has 6 heteroatoms. The number of rotatable bonds is 9. The molecular weight excluding hydrogens is 428 g/mol. The van der Waals surface area contributed by atoms with E-state index in [9.17, 15) is 4.79 Å². The summed E-state index contributed by atoms with van der Waals surface area (Å²) in [7, 11) is 1.58. The second-order valence-corrected chi connectivity index (χ2v) is 7.78. The number of benzene rings is 4. The SMILES string of the molecule is COc1cc(/C=N/NC(=O)COc2ccc3ccccc3c2)ccc1OCc1ccc(C)cc1. The van der Waals surface area contributed by atoms with Gasteiger partial charge in [0.15, 0.2) is 18.1 Å². The minimum atomic E-state index is -0.352. The van der Waals surface area contributed by atoms with Crippen molar-refractivity contribution in [2.24, 2.45) is 5.10 Å². The summed E-state index contributed by atoms with van der Waals surface area (Å²) in [6.45, 7) is 2.36. The van der Waals surface area contributed by atoms with Gasteiger partial charge >= 0.3 is 0 Å². The summed E-state index contributed by atoms with van der Waals surface area (Å²) in [5.74, 6) is 1.49. The van der Waals surface area contributed by atoms with Crippen LogP contribution in [0.5, 0.6) is 17.2 Å². The summed E-state index contributed by atoms with van der Waals surface area (Å²) in [6.07, 6.45) is 1.54. The Kier molecular flexibility index (Phi) is 7.40. The van der Waals surface area contributed by atoms with Gasteiger partial charge in [-0.25, -0.2) is 5.43 Å². The van der Waals surface area contributed by atoms with E-state index in [2.05, 4.69) is 22.7 Å². The molecule has 0 fully saturated rings. The third kappa shape index (κ3) is 6.13. The van der Waals surface area contributed by atoms with E-state index in [4.69, 9.17) is 14.2 Å². The van der Waals surface area contributed by atoms with Gasteiger partial charge in [0.05, 0.1) is 13.3 Å². The second kappa shape index (κ2) is 11.0. The van der Waals surface area contributed by atoms with Crippen molar-refractivity contribution >= 4 is 22.9 Å². The molecule has 1 N–H and O–H groups in total. The van der Waals surface area contributed by atoms with Gasteiger partial charge in [-0.05, 0) is 59.2 Å². The minimum absolute atomic E-state index is 0.134. The van der Waals surface area contributed by atoms with E-state index in [0.717, 1.165) is 21.9 Å². The normalized spacial score (nSPS) is 10.9. The highest BCUT2D eigenvalue weighted by Crippen LogP contribution is 2.28. The molecule has 0 saturated heterocycles. The van der Waals surface area contributed by atoms with Crippen LogP contribution in [0.25, 0.3) is 10.8 Å². The Morgan fingerprint density at radius 3 is 2.47 bits per heavy atom. The maximum atomic E-state index is 12.1. The van der Waals surface area contributed by atoms with Gasteiger partial charge in [-0.2, -0.15) is 5.10 Å². The molecule has 0 saturated carbocycles. The minimum Gasteiger partial charge on any atom is -0.493 e. The first-order chi connectivity index (χ1) is 16.6. The van der Waals surface area contributed by atoms with Crippen molar-refractivity contribution in [2.75, 3.05) is 13.7 Å². The highest BCUT2D eigenvalue weighted by Gasteiger charge is 2.07. The number of amides is 1. The number of carbonyl (C=O) groups excluding carboxylic acids is 1. The molecular formula is C28H26N2O4. The molecule has 0 aliphatic carbocycles. The number of aryl methyl sites for hydroxylation is 1. The molecule has 0 bridgehead atoms. The molecule has 4 aromatic carbocycles. The van der Waals surface area contributed by atoms with Crippen molar-refractivity contribution in [3.8, 4) is 17.2 Å². The average Bonchev–Trinajstić information content (AvgIpc) is 2.87. The van der Waals surface area contributed by atoms with Crippen molar-refractivity contribution in [1.29, 1.82) is 0 Å². The smallest absolute Gasteiger partial charge is 0.277 e. The largest absolute Gasteiger partial charge is 0.493 e. The third-order valence-electron chi connectivity index (χ3n) is 5.20. The zero-order chi connectivity index (χ0) is 23.8. The number of methoxy groups -OCH3 is 1. The number of hydrogen-bond donors (Lipinski definition) is 1. The van der Waals surface area contributed by atoms with Crippen LogP contribution in [-0.2, 0) is 11.4 Å². The van der Waals surface area contributed by atoms with E-state index in [-0.39, 0.29) is 12.5 Å². The molecule has 0 aliphatic heterocycles. The summed E-state index contributed by atoms with van der Waals surface area (Å²) < 4.78 is 16.9. The Morgan fingerprint density at radius 1 is 0.882 bits per heavy atom. The first kappa shape index (κ1) is 22.9. The van der Waals surface area contributed by atoms with Crippen molar-refractivity contribution in [3.63, 3.8) is 0 Å². The fourth-order valence-electron chi connectivity index (χ4n) is 3.35. The van der Waals surface area contributed by atoms with Crippen LogP contribution >= 0.6 is 0 Å². The zero-order valence-electron chi connectivity index (χ0n) is 19.2. The van der Waals surface area contributed by atoms with Crippen LogP contribution in [0.15, 0.2) is 90.0 Å². The zero-order valence-corrected chi connectivity index (χ0v) is 19.2. The molecule has 0 aromatic heterocycles. The van der Waals surface area contributed by atoms with Gasteiger partial charge < -0.3 is 14.2 Å². The standard InChI is InChI=1S/C28H26N2O4/c1-20-7-9-21(10-8-20)18-34-26-14-11-22(15-27(26)32-2)17-29-30-28(31)19-33-25-13-12-23-5-3-4-6-24(23)16-25/h3-17H,18-19H2,1-2H3,(H,30,31)/b29-17+. The molecule has 1 amide bonds. The van der Waals surface area contributed by atoms with Crippen LogP contribution in [0.1, 0.15) is 16.7 Å². The van der Waals surface area contributed by atoms with Crippen molar-refractivity contribution in [2.45, 2.75) is 13.5 Å². The number of fused-ring (bicyclic) bond motifs is 1. The van der Waals surface area contributed by atoms with Gasteiger partial charge in [0, 0.05) is 0 Å². The Bertz CT molecular complexity index is 1300. The topological polar surface area (TPSA) is 69.2 Å². The molecule has 0 heterocycles. The lowest BCUT2D eigenvalue weighted by Gasteiger charge is -2.11. The lowest BCUT2D eigenvalue weighted by atomic mass is 10.1. The monoisotopic (exact) mass is 454 g/mol. The predicted molar refractivity (Wildman–Crippen MR) is 134 cm³/mol. The van der Waals surface area contributed by atoms with Gasteiger partial charge in [0.2, 0.25) is 0 Å². The van der Waals surface area contributed by atoms with E-state index in [1.54, 1.807) is 19.4 Å². The van der Waals surface area contributed by atoms with E-state index < -0.39 is 0 Å². The van der Waals surface area contributed by atoms with E-state index in [1.165, 1.54) is 5.56 Å². The Labute approximate surface area is 198 Å². The number of hydrazone groups is 1. The number of nitrogens with zero attached hydrogens (tertiary/aromatic N) is 1. The number of nitrogens with one attached hydrogen (secondary N) is 1. The van der Waals surface area contributed by atoms with Crippen molar-refractivity contribution < 1.29 is 19.0 Å². The molecule has 34 heavy (non-hydrogen) atoms. The fourth-order valence-corrected chi connectivity index (χ4v) is 3.35. The maximum absolute atomic E-state index is 12.1. The van der Waals surface area contributed by atoms with Crippen LogP contribution in [0.3, 0.4) is 0 Å². The van der Waals surface area contributed by atoms with E-state index >= 15 is 0 Å². The maximum Gasteiger partial charge on any atom is 0.277 e. The van der Waals surface area contributed by atoms with Crippen LogP contribution in [0.4, 0.5) is 0 Å². The molecule has 6 nitrogen and oxygen atoms in total. The molecule has 0 unspecified atom stereocenters. The summed E-state index contributed by atoms with van der Waals surface area (Å²) >= 11 is 0.